The molecule has 0 unspecified atom stereocenters. The first-order valence-corrected chi connectivity index (χ1v) is 12.3. The topological polar surface area (TPSA) is 71.1 Å². The number of fused-ring (bicyclic) bond motifs is 2. The summed E-state index contributed by atoms with van der Waals surface area (Å²) in [4.78, 5) is 24.3. The zero-order chi connectivity index (χ0) is 23.6. The van der Waals surface area contributed by atoms with Gasteiger partial charge in [-0.3, -0.25) is 0 Å². The molecule has 3 aromatic carbocycles. The van der Waals surface area contributed by atoms with Gasteiger partial charge in [0.05, 0.1) is 13.2 Å². The van der Waals surface area contributed by atoms with Crippen molar-refractivity contribution in [3.8, 4) is 11.5 Å². The van der Waals surface area contributed by atoms with Gasteiger partial charge in [-0.25, -0.2) is 9.59 Å². The molecule has 0 atom stereocenters. The van der Waals surface area contributed by atoms with Crippen LogP contribution < -0.4 is 9.47 Å². The molecular weight excluding hydrogens is 535 g/mol. The summed E-state index contributed by atoms with van der Waals surface area (Å²) in [5.41, 5.74) is 0. The quantitative estimate of drug-likeness (QED) is 0.116. The van der Waals surface area contributed by atoms with Gasteiger partial charge >= 0.3 is 11.9 Å². The molecule has 6 nitrogen and oxygen atoms in total. The van der Waals surface area contributed by atoms with Crippen molar-refractivity contribution in [2.45, 2.75) is 39.5 Å². The highest BCUT2D eigenvalue weighted by molar-refractivity contribution is 14.1. The summed E-state index contributed by atoms with van der Waals surface area (Å²) >= 11 is 2.23. The summed E-state index contributed by atoms with van der Waals surface area (Å²) in [6.45, 7) is 4.49. The van der Waals surface area contributed by atoms with Crippen molar-refractivity contribution in [1.82, 2.24) is 0 Å². The van der Waals surface area contributed by atoms with Gasteiger partial charge < -0.3 is 18.9 Å². The molecule has 3 aromatic rings. The van der Waals surface area contributed by atoms with E-state index in [2.05, 4.69) is 22.6 Å². The van der Waals surface area contributed by atoms with E-state index in [0.717, 1.165) is 50.8 Å². The summed E-state index contributed by atoms with van der Waals surface area (Å²) in [6.07, 6.45) is 3.55. The maximum atomic E-state index is 12.2. The van der Waals surface area contributed by atoms with E-state index in [1.807, 2.05) is 56.3 Å². The lowest BCUT2D eigenvalue weighted by atomic mass is 10.0. The molecule has 0 heterocycles. The lowest BCUT2D eigenvalue weighted by Gasteiger charge is -2.18. The number of unbranched alkanes of at least 4 members (excludes halogenated alkanes) is 2. The molecule has 0 bridgehead atoms. The molecule has 7 heteroatoms. The minimum atomic E-state index is -0.402. The second-order valence-corrected chi connectivity index (χ2v) is 8.86. The number of esters is 2. The average Bonchev–Trinajstić information content (AvgIpc) is 2.81. The van der Waals surface area contributed by atoms with Gasteiger partial charge in [0, 0.05) is 25.1 Å². The molecule has 0 spiro atoms. The highest BCUT2D eigenvalue weighted by atomic mass is 127. The standard InChI is InChI=1S/C26H29IO6/c1-3-5-13-30-23(28)16-32-25-19-9-7-8-10-20(19)26(22-15-18(27)11-12-21(22)25)33-17-24(29)31-14-6-4-2/h7-12,15H,3-6,13-14,16-17H2,1-2H3. The monoisotopic (exact) mass is 564 g/mol. The second-order valence-electron chi connectivity index (χ2n) is 7.62. The number of rotatable bonds is 12. The van der Waals surface area contributed by atoms with Crippen LogP contribution in [0.2, 0.25) is 0 Å². The summed E-state index contributed by atoms with van der Waals surface area (Å²) in [6, 6.07) is 13.5. The Morgan fingerprint density at radius 1 is 0.727 bits per heavy atom. The van der Waals surface area contributed by atoms with Crippen molar-refractivity contribution in [2.75, 3.05) is 26.4 Å². The zero-order valence-corrected chi connectivity index (χ0v) is 21.2. The number of halogens is 1. The van der Waals surface area contributed by atoms with E-state index >= 15 is 0 Å². The Hall–Kier alpha value is -2.55. The van der Waals surface area contributed by atoms with Crippen LogP contribution in [0.1, 0.15) is 39.5 Å². The smallest absolute Gasteiger partial charge is 0.344 e. The minimum Gasteiger partial charge on any atom is -0.481 e. The summed E-state index contributed by atoms with van der Waals surface area (Å²) in [5.74, 6) is 0.370. The summed E-state index contributed by atoms with van der Waals surface area (Å²) < 4.78 is 23.5. The Kier molecular flexibility index (Phi) is 9.60. The molecule has 3 rings (SSSR count). The molecule has 0 amide bonds. The molecular formula is C26H29IO6. The van der Waals surface area contributed by atoms with Crippen LogP contribution in [0.25, 0.3) is 21.5 Å². The van der Waals surface area contributed by atoms with Crippen molar-refractivity contribution in [3.63, 3.8) is 0 Å². The van der Waals surface area contributed by atoms with Crippen molar-refractivity contribution in [3.05, 3.63) is 46.0 Å². The lowest BCUT2D eigenvalue weighted by molar-refractivity contribution is -0.146. The van der Waals surface area contributed by atoms with Gasteiger partial charge in [0.25, 0.3) is 0 Å². The molecule has 0 aromatic heterocycles. The third-order valence-electron chi connectivity index (χ3n) is 5.08. The highest BCUT2D eigenvalue weighted by Crippen LogP contribution is 2.43. The average molecular weight is 564 g/mol. The first-order chi connectivity index (χ1) is 16.0. The van der Waals surface area contributed by atoms with Gasteiger partial charge in [0.2, 0.25) is 0 Å². The van der Waals surface area contributed by atoms with Crippen LogP contribution in [0.15, 0.2) is 42.5 Å². The van der Waals surface area contributed by atoms with Crippen molar-refractivity contribution in [2.24, 2.45) is 0 Å². The number of benzene rings is 3. The van der Waals surface area contributed by atoms with E-state index in [-0.39, 0.29) is 13.2 Å². The van der Waals surface area contributed by atoms with Crippen LogP contribution in [0.3, 0.4) is 0 Å². The van der Waals surface area contributed by atoms with Crippen molar-refractivity contribution < 1.29 is 28.5 Å². The number of ether oxygens (including phenoxy) is 4. The van der Waals surface area contributed by atoms with E-state index in [1.165, 1.54) is 0 Å². The Labute approximate surface area is 207 Å². The van der Waals surface area contributed by atoms with Crippen LogP contribution >= 0.6 is 22.6 Å². The Morgan fingerprint density at radius 3 is 1.73 bits per heavy atom. The number of hydrogen-bond donors (Lipinski definition) is 0. The lowest BCUT2D eigenvalue weighted by Crippen LogP contribution is -2.16. The van der Waals surface area contributed by atoms with Gasteiger partial charge in [0.15, 0.2) is 13.2 Å². The normalized spacial score (nSPS) is 10.9. The first-order valence-electron chi connectivity index (χ1n) is 11.3. The molecule has 0 aliphatic rings. The number of carbonyl (C=O) groups excluding carboxylic acids is 2. The van der Waals surface area contributed by atoms with E-state index in [4.69, 9.17) is 18.9 Å². The van der Waals surface area contributed by atoms with E-state index in [1.54, 1.807) is 0 Å². The molecule has 176 valence electrons. The number of carbonyl (C=O) groups is 2. The SMILES string of the molecule is CCCCOC(=O)COc1c2ccccc2c(OCC(=O)OCCCC)c2cc(I)ccc12. The van der Waals surface area contributed by atoms with Gasteiger partial charge in [-0.15, -0.1) is 0 Å². The first kappa shape index (κ1) is 25.1. The third-order valence-corrected chi connectivity index (χ3v) is 5.75. The van der Waals surface area contributed by atoms with Gasteiger partial charge in [-0.2, -0.15) is 0 Å². The molecule has 0 radical (unpaired) electrons. The van der Waals surface area contributed by atoms with Crippen LogP contribution in [0.4, 0.5) is 0 Å². The Balaban J connectivity index is 1.94. The second kappa shape index (κ2) is 12.6. The fourth-order valence-electron chi connectivity index (χ4n) is 3.39. The zero-order valence-electron chi connectivity index (χ0n) is 19.0. The highest BCUT2D eigenvalue weighted by Gasteiger charge is 2.18. The summed E-state index contributed by atoms with van der Waals surface area (Å²) in [7, 11) is 0. The van der Waals surface area contributed by atoms with Crippen molar-refractivity contribution in [1.29, 1.82) is 0 Å². The third kappa shape index (κ3) is 6.72. The van der Waals surface area contributed by atoms with Crippen molar-refractivity contribution >= 4 is 56.1 Å². The maximum absolute atomic E-state index is 12.2. The van der Waals surface area contributed by atoms with E-state index in [0.29, 0.717) is 24.7 Å². The van der Waals surface area contributed by atoms with E-state index < -0.39 is 11.9 Å². The molecule has 0 fully saturated rings. The maximum Gasteiger partial charge on any atom is 0.344 e. The molecule has 0 saturated carbocycles. The number of hydrogen-bond acceptors (Lipinski definition) is 6. The molecule has 0 N–H and O–H groups in total. The largest absolute Gasteiger partial charge is 0.481 e. The Morgan fingerprint density at radius 2 is 1.21 bits per heavy atom. The van der Waals surface area contributed by atoms with E-state index in [9.17, 15) is 9.59 Å². The van der Waals surface area contributed by atoms with Crippen LogP contribution in [0.5, 0.6) is 11.5 Å². The van der Waals surface area contributed by atoms with Crippen LogP contribution in [-0.4, -0.2) is 38.4 Å². The molecule has 0 aliphatic carbocycles. The minimum absolute atomic E-state index is 0.182. The molecule has 0 aliphatic heterocycles. The van der Waals surface area contributed by atoms with Gasteiger partial charge in [0.1, 0.15) is 11.5 Å². The fraction of sp³-hybridized carbons (Fsp3) is 0.385. The predicted molar refractivity (Wildman–Crippen MR) is 137 cm³/mol. The fourth-order valence-corrected chi connectivity index (χ4v) is 3.88. The van der Waals surface area contributed by atoms with Crippen LogP contribution in [0, 0.1) is 3.57 Å². The predicted octanol–water partition coefficient (Wildman–Crippen LogP) is 6.04. The van der Waals surface area contributed by atoms with Gasteiger partial charge in [-0.1, -0.05) is 51.0 Å². The van der Waals surface area contributed by atoms with Gasteiger partial charge in [-0.05, 0) is 53.6 Å². The Bertz CT molecular complexity index is 1110. The molecule has 33 heavy (non-hydrogen) atoms. The van der Waals surface area contributed by atoms with Crippen LogP contribution in [-0.2, 0) is 19.1 Å². The summed E-state index contributed by atoms with van der Waals surface area (Å²) in [5, 5.41) is 3.19. The molecule has 0 saturated heterocycles.